The van der Waals surface area contributed by atoms with Gasteiger partial charge in [0, 0.05) is 68.6 Å². The highest BCUT2D eigenvalue weighted by atomic mass is 35.5. The Kier molecular flexibility index (Phi) is 24.7. The molecule has 9 atom stereocenters. The number of esters is 2. The molecular formula is C64H87ClN6O15. The number of hydrogen-bond acceptors (Lipinski definition) is 16. The second-order valence-corrected chi connectivity index (χ2v) is 23.9. The largest absolute Gasteiger partial charge is 0.495 e. The number of ether oxygens (including phenoxy) is 6. The monoisotopic (exact) mass is 1210 g/mol. The first-order valence-corrected chi connectivity index (χ1v) is 30.2. The van der Waals surface area contributed by atoms with Crippen molar-refractivity contribution in [2.45, 2.75) is 180 Å². The molecule has 21 nitrogen and oxygen atoms in total. The standard InChI is InChI=1S/C64H87ClN6O15/c1-11-41(12-2)60(77)83-27-15-13-14-19-45(72)33-46(37(3)4)59(76)70-48(20-17-26-67-61(66)78)50(73)32-44-23-22-42-31-43(24-25-47(42)68-44)69-62(79)85-54-34-55(74)71(8)49-29-40(30-51(81-9)57(49)65)28-38(5)18-16-21-53(82-10)64(80)35-52(84-56(75)36-64)39(6)58-63(54,7)86-58/h16,18,21-25,29-31,37,39,41,46,48,52-54,58,80H,11-15,17,19-20,26-28,32-36H2,1-10H3,(H,69,79)(H,70,76)(H3,66,67,78)/b21-16+,38-18+/t39-,46+,48+,52+,53-,54+,58+,63+,64-/m1/s1. The van der Waals surface area contributed by atoms with Gasteiger partial charge in [-0.05, 0) is 113 Å². The lowest BCUT2D eigenvalue weighted by Gasteiger charge is -2.41. The summed E-state index contributed by atoms with van der Waals surface area (Å²) in [6, 6.07) is 10.2. The maximum atomic E-state index is 14.5. The smallest absolute Gasteiger partial charge is 0.412 e. The lowest BCUT2D eigenvalue weighted by Crippen LogP contribution is -2.53. The number of nitrogens with one attached hydrogen (secondary N) is 3. The van der Waals surface area contributed by atoms with Crippen molar-refractivity contribution < 1.29 is 71.9 Å². The van der Waals surface area contributed by atoms with Crippen molar-refractivity contribution >= 4 is 81.3 Å². The number of methoxy groups -OCH3 is 2. The molecule has 0 spiro atoms. The third-order valence-electron chi connectivity index (χ3n) is 16.7. The molecule has 0 aliphatic carbocycles. The van der Waals surface area contributed by atoms with Crippen LogP contribution in [0.25, 0.3) is 10.9 Å². The summed E-state index contributed by atoms with van der Waals surface area (Å²) in [6.07, 6.45) is 4.45. The number of benzene rings is 2. The molecule has 3 aliphatic rings. The third kappa shape index (κ3) is 18.3. The number of fused-ring (bicyclic) bond motifs is 6. The number of allylic oxidation sites excluding steroid dienone is 3. The summed E-state index contributed by atoms with van der Waals surface area (Å²) in [7, 11) is 4.50. The number of ketones is 2. The molecule has 6 rings (SSSR count). The van der Waals surface area contributed by atoms with Gasteiger partial charge in [0.1, 0.15) is 46.1 Å². The average Bonchev–Trinajstić information content (AvgIpc) is 1.68. The molecule has 2 fully saturated rings. The summed E-state index contributed by atoms with van der Waals surface area (Å²) in [5.74, 6) is -3.42. The number of epoxide rings is 1. The van der Waals surface area contributed by atoms with Crippen LogP contribution in [-0.4, -0.2) is 134 Å². The van der Waals surface area contributed by atoms with Gasteiger partial charge in [-0.25, -0.2) is 9.59 Å². The number of unbranched alkanes of at least 4 members (excludes halogenated alkanes) is 2. The van der Waals surface area contributed by atoms with Crippen molar-refractivity contribution in [2.24, 2.45) is 29.4 Å². The molecule has 0 saturated carbocycles. The first kappa shape index (κ1) is 68.2. The maximum Gasteiger partial charge on any atom is 0.412 e. The van der Waals surface area contributed by atoms with Crippen molar-refractivity contribution in [2.75, 3.05) is 44.6 Å². The van der Waals surface area contributed by atoms with Crippen LogP contribution in [-0.2, 0) is 65.3 Å². The maximum absolute atomic E-state index is 14.5. The molecule has 4 heterocycles. The van der Waals surface area contributed by atoms with Gasteiger partial charge >= 0.3 is 24.1 Å². The molecule has 86 heavy (non-hydrogen) atoms. The molecule has 4 bridgehead atoms. The van der Waals surface area contributed by atoms with Gasteiger partial charge in [0.15, 0.2) is 5.78 Å². The van der Waals surface area contributed by atoms with Crippen LogP contribution in [0.4, 0.5) is 21.0 Å². The number of carbonyl (C=O) groups is 8. The molecule has 22 heteroatoms. The van der Waals surface area contributed by atoms with E-state index in [2.05, 4.69) is 16.0 Å². The fourth-order valence-electron chi connectivity index (χ4n) is 11.4. The molecule has 0 unspecified atom stereocenters. The van der Waals surface area contributed by atoms with Crippen LogP contribution in [0.1, 0.15) is 137 Å². The number of halogens is 1. The summed E-state index contributed by atoms with van der Waals surface area (Å²) >= 11 is 6.86. The Balaban J connectivity index is 1.15. The number of rotatable bonds is 25. The molecule has 470 valence electrons. The van der Waals surface area contributed by atoms with E-state index in [1.54, 1.807) is 75.5 Å². The van der Waals surface area contributed by atoms with Gasteiger partial charge in [0.05, 0.1) is 62.2 Å². The van der Waals surface area contributed by atoms with E-state index in [0.717, 1.165) is 24.0 Å². The van der Waals surface area contributed by atoms with Gasteiger partial charge in [-0.1, -0.05) is 76.1 Å². The van der Waals surface area contributed by atoms with Crippen LogP contribution in [0.3, 0.4) is 0 Å². The number of nitrogens with two attached hydrogens (primary N) is 1. The summed E-state index contributed by atoms with van der Waals surface area (Å²) < 4.78 is 35.1. The van der Waals surface area contributed by atoms with Crippen LogP contribution in [0.2, 0.25) is 5.02 Å². The molecule has 3 aromatic rings. The number of aliphatic hydroxyl groups is 1. The summed E-state index contributed by atoms with van der Waals surface area (Å²) in [5, 5.41) is 21.0. The number of hydrogen-bond donors (Lipinski definition) is 5. The molecule has 3 aliphatic heterocycles. The number of carbonyl (C=O) groups excluding carboxylic acids is 8. The number of aromatic nitrogens is 1. The van der Waals surface area contributed by atoms with E-state index in [1.807, 2.05) is 40.7 Å². The number of primary amides is 1. The van der Waals surface area contributed by atoms with Crippen LogP contribution in [0.15, 0.2) is 66.3 Å². The zero-order chi connectivity index (χ0) is 63.0. The van der Waals surface area contributed by atoms with E-state index < -0.39 is 83.4 Å². The lowest BCUT2D eigenvalue weighted by molar-refractivity contribution is -0.187. The molecule has 2 saturated heterocycles. The molecule has 6 N–H and O–H groups in total. The van der Waals surface area contributed by atoms with Crippen LogP contribution >= 0.6 is 11.6 Å². The predicted octanol–water partition coefficient (Wildman–Crippen LogP) is 8.99. The Labute approximate surface area is 509 Å². The molecule has 2 aromatic carbocycles. The number of pyridine rings is 1. The second-order valence-electron chi connectivity index (χ2n) is 23.6. The van der Waals surface area contributed by atoms with E-state index in [1.165, 1.54) is 19.1 Å². The van der Waals surface area contributed by atoms with Gasteiger partial charge in [0.25, 0.3) is 0 Å². The number of nitrogens with zero attached hydrogens (tertiary/aromatic N) is 2. The fraction of sp³-hybridized carbons (Fsp3) is 0.578. The molecule has 0 radical (unpaired) electrons. The quantitative estimate of drug-likeness (QED) is 0.0229. The SMILES string of the molecule is CCC(CC)C(=O)OCCCCCC(=O)C[C@H](C(=O)N[C@@H](CCCNC(N)=O)C(=O)Cc1ccc2cc(NC(=O)O[C@H]3CC(=O)N(C)c4cc(cc(OC)c4Cl)C/C(C)=C/C=C/[C@@H](OC)[C@]4(O)CC(=O)O[C@@H](C4)[C@@H](C)[C@@H]4O[C@@]34C)ccc2n1)C(C)C. The van der Waals surface area contributed by atoms with Crippen molar-refractivity contribution in [3.63, 3.8) is 0 Å². The van der Waals surface area contributed by atoms with Crippen LogP contribution in [0, 0.1) is 23.7 Å². The molecular weight excluding hydrogens is 1130 g/mol. The number of Topliss-reactive ketones (excluding diaryl/α,β-unsaturated/α-hetero) is 2. The number of anilines is 2. The van der Waals surface area contributed by atoms with Gasteiger partial charge in [0.2, 0.25) is 11.8 Å². The Morgan fingerprint density at radius 2 is 1.74 bits per heavy atom. The van der Waals surface area contributed by atoms with E-state index >= 15 is 0 Å². The fourth-order valence-corrected chi connectivity index (χ4v) is 11.7. The van der Waals surface area contributed by atoms with Crippen molar-refractivity contribution in [1.82, 2.24) is 15.6 Å². The van der Waals surface area contributed by atoms with Crippen LogP contribution in [0.5, 0.6) is 5.75 Å². The zero-order valence-electron chi connectivity index (χ0n) is 51.3. The summed E-state index contributed by atoms with van der Waals surface area (Å²) in [4.78, 5) is 113. The highest BCUT2D eigenvalue weighted by Crippen LogP contribution is 2.50. The lowest BCUT2D eigenvalue weighted by atomic mass is 9.78. The second kappa shape index (κ2) is 31.1. The first-order chi connectivity index (χ1) is 40.8. The van der Waals surface area contributed by atoms with Gasteiger partial charge < -0.3 is 54.8 Å². The Hall–Kier alpha value is -6.94. The predicted molar refractivity (Wildman–Crippen MR) is 324 cm³/mol. The number of urea groups is 1. The average molecular weight is 1220 g/mol. The number of amides is 5. The van der Waals surface area contributed by atoms with E-state index in [0.29, 0.717) is 72.4 Å². The van der Waals surface area contributed by atoms with Crippen molar-refractivity contribution in [1.29, 1.82) is 0 Å². The zero-order valence-corrected chi connectivity index (χ0v) is 52.1. The van der Waals surface area contributed by atoms with E-state index in [-0.39, 0.29) is 85.9 Å². The van der Waals surface area contributed by atoms with E-state index in [4.69, 9.17) is 50.7 Å². The van der Waals surface area contributed by atoms with E-state index in [9.17, 15) is 43.5 Å². The Morgan fingerprint density at radius 1 is 1.00 bits per heavy atom. The highest BCUT2D eigenvalue weighted by Gasteiger charge is 2.64. The van der Waals surface area contributed by atoms with Crippen molar-refractivity contribution in [3.05, 3.63) is 82.5 Å². The summed E-state index contributed by atoms with van der Waals surface area (Å²) in [6.45, 7) is 13.5. The normalized spacial score (nSPS) is 24.1. The first-order valence-electron chi connectivity index (χ1n) is 29.8. The Bertz CT molecular complexity index is 3000. The topological polar surface area (TPSA) is 294 Å². The third-order valence-corrected chi connectivity index (χ3v) is 17.1. The van der Waals surface area contributed by atoms with Gasteiger partial charge in [-0.15, -0.1) is 0 Å². The van der Waals surface area contributed by atoms with Gasteiger partial charge in [-0.3, -0.25) is 39.1 Å². The minimum atomic E-state index is -1.63. The minimum Gasteiger partial charge on any atom is -0.495 e. The molecule has 5 amide bonds. The van der Waals surface area contributed by atoms with Gasteiger partial charge in [-0.2, -0.15) is 0 Å². The minimum absolute atomic E-state index is 0.00911. The van der Waals surface area contributed by atoms with Crippen molar-refractivity contribution in [3.8, 4) is 5.75 Å². The van der Waals surface area contributed by atoms with Crippen LogP contribution < -0.4 is 31.3 Å². The summed E-state index contributed by atoms with van der Waals surface area (Å²) in [5.41, 5.74) is 5.62. The highest BCUT2D eigenvalue weighted by molar-refractivity contribution is 6.35. The molecule has 1 aromatic heterocycles. The Morgan fingerprint density at radius 3 is 2.43 bits per heavy atom.